The molecular weight excluding hydrogens is 326 g/mol. The molecule has 1 saturated heterocycles. The summed E-state index contributed by atoms with van der Waals surface area (Å²) in [4.78, 5) is 16.4. The van der Waals surface area contributed by atoms with Crippen molar-refractivity contribution in [2.24, 2.45) is 0 Å². The lowest BCUT2D eigenvalue weighted by Gasteiger charge is -2.28. The van der Waals surface area contributed by atoms with Gasteiger partial charge >= 0.3 is 0 Å². The number of hydrogen-bond acceptors (Lipinski definition) is 4. The van der Waals surface area contributed by atoms with Crippen LogP contribution in [0.3, 0.4) is 0 Å². The third-order valence-corrected chi connectivity index (χ3v) is 5.79. The summed E-state index contributed by atoms with van der Waals surface area (Å²) in [5.74, 6) is 0.376. The van der Waals surface area contributed by atoms with E-state index in [1.807, 2.05) is 13.0 Å². The number of nitrogens with zero attached hydrogens (tertiary/aromatic N) is 2. The van der Waals surface area contributed by atoms with Gasteiger partial charge in [-0.05, 0) is 55.7 Å². The van der Waals surface area contributed by atoms with Crippen LogP contribution in [-0.4, -0.2) is 31.6 Å². The highest BCUT2D eigenvalue weighted by molar-refractivity contribution is 7.92. The van der Waals surface area contributed by atoms with Crippen molar-refractivity contribution >= 4 is 27.4 Å². The number of aryl methyl sites for hydroxylation is 1. The summed E-state index contributed by atoms with van der Waals surface area (Å²) in [6.45, 7) is 2.41. The number of sulfonamides is 1. The highest BCUT2D eigenvalue weighted by Crippen LogP contribution is 2.24. The Morgan fingerprint density at radius 1 is 1.12 bits per heavy atom. The Labute approximate surface area is 141 Å². The van der Waals surface area contributed by atoms with E-state index < -0.39 is 10.0 Å². The molecule has 24 heavy (non-hydrogen) atoms. The molecule has 0 unspecified atom stereocenters. The molecule has 0 radical (unpaired) electrons. The van der Waals surface area contributed by atoms with E-state index in [0.29, 0.717) is 30.0 Å². The molecule has 2 heterocycles. The van der Waals surface area contributed by atoms with Gasteiger partial charge < -0.3 is 5.32 Å². The molecule has 6 nitrogen and oxygen atoms in total. The molecule has 1 aromatic carbocycles. The number of benzene rings is 1. The zero-order valence-electron chi connectivity index (χ0n) is 13.4. The Hall–Kier alpha value is -2.41. The Balaban J connectivity index is 1.74. The second kappa shape index (κ2) is 6.60. The molecule has 1 aromatic heterocycles. The average Bonchev–Trinajstić information content (AvgIpc) is 2.57. The van der Waals surface area contributed by atoms with E-state index in [1.165, 1.54) is 4.31 Å². The topological polar surface area (TPSA) is 79.4 Å². The molecule has 0 atom stereocenters. The highest BCUT2D eigenvalue weighted by atomic mass is 32.2. The van der Waals surface area contributed by atoms with Crippen molar-refractivity contribution in [2.75, 3.05) is 21.9 Å². The van der Waals surface area contributed by atoms with E-state index in [2.05, 4.69) is 10.3 Å². The monoisotopic (exact) mass is 345 g/mol. The van der Waals surface area contributed by atoms with Gasteiger partial charge in [-0.3, -0.25) is 9.10 Å². The Morgan fingerprint density at radius 3 is 2.50 bits per heavy atom. The number of amides is 1. The fourth-order valence-electron chi connectivity index (χ4n) is 2.59. The summed E-state index contributed by atoms with van der Waals surface area (Å²) in [5, 5.41) is 2.72. The van der Waals surface area contributed by atoms with Crippen molar-refractivity contribution in [1.29, 1.82) is 0 Å². The number of hydrogen-bond donors (Lipinski definition) is 1. The molecule has 0 spiro atoms. The van der Waals surface area contributed by atoms with E-state index >= 15 is 0 Å². The van der Waals surface area contributed by atoms with Crippen LogP contribution in [0.1, 0.15) is 28.8 Å². The molecule has 0 aliphatic carbocycles. The van der Waals surface area contributed by atoms with Crippen LogP contribution < -0.4 is 9.62 Å². The summed E-state index contributed by atoms with van der Waals surface area (Å²) in [5.41, 5.74) is 2.07. The van der Waals surface area contributed by atoms with Gasteiger partial charge in [0.15, 0.2) is 0 Å². The number of aromatic nitrogens is 1. The van der Waals surface area contributed by atoms with Crippen molar-refractivity contribution in [3.05, 3.63) is 53.7 Å². The lowest BCUT2D eigenvalue weighted by molar-refractivity contribution is 0.102. The maximum Gasteiger partial charge on any atom is 0.256 e. The largest absolute Gasteiger partial charge is 0.307 e. The molecule has 7 heteroatoms. The van der Waals surface area contributed by atoms with Gasteiger partial charge in [-0.2, -0.15) is 0 Å². The third-order valence-electron chi connectivity index (χ3n) is 3.92. The van der Waals surface area contributed by atoms with E-state index in [4.69, 9.17) is 0 Å². The third kappa shape index (κ3) is 3.56. The van der Waals surface area contributed by atoms with Crippen LogP contribution in [0, 0.1) is 6.92 Å². The van der Waals surface area contributed by atoms with Crippen LogP contribution in [0.2, 0.25) is 0 Å². The average molecular weight is 345 g/mol. The molecule has 0 saturated carbocycles. The number of anilines is 2. The first-order valence-corrected chi connectivity index (χ1v) is 9.41. The summed E-state index contributed by atoms with van der Waals surface area (Å²) in [6.07, 6.45) is 3.23. The molecule has 2 aromatic rings. The highest BCUT2D eigenvalue weighted by Gasteiger charge is 2.25. The summed E-state index contributed by atoms with van der Waals surface area (Å²) in [6, 6.07) is 10.2. The number of pyridine rings is 1. The van der Waals surface area contributed by atoms with Crippen LogP contribution in [0.5, 0.6) is 0 Å². The molecule has 1 aliphatic heterocycles. The van der Waals surface area contributed by atoms with Crippen LogP contribution in [0.15, 0.2) is 42.6 Å². The van der Waals surface area contributed by atoms with Crippen LogP contribution in [0.25, 0.3) is 0 Å². The molecular formula is C17H19N3O3S. The van der Waals surface area contributed by atoms with Crippen molar-refractivity contribution < 1.29 is 13.2 Å². The van der Waals surface area contributed by atoms with E-state index in [0.717, 1.165) is 12.0 Å². The molecule has 3 rings (SSSR count). The van der Waals surface area contributed by atoms with E-state index in [-0.39, 0.29) is 11.7 Å². The molecule has 126 valence electrons. The number of carbonyl (C=O) groups excluding carboxylic acids is 1. The molecule has 1 N–H and O–H groups in total. The minimum absolute atomic E-state index is 0.175. The quantitative estimate of drug-likeness (QED) is 0.927. The van der Waals surface area contributed by atoms with Gasteiger partial charge in [0.05, 0.1) is 11.4 Å². The molecule has 1 amide bonds. The molecule has 1 fully saturated rings. The van der Waals surface area contributed by atoms with Crippen LogP contribution in [-0.2, 0) is 10.0 Å². The molecule has 1 aliphatic rings. The van der Waals surface area contributed by atoms with E-state index in [1.54, 1.807) is 36.5 Å². The van der Waals surface area contributed by atoms with Gasteiger partial charge in [-0.25, -0.2) is 13.4 Å². The standard InChI is InChI=1S/C17H19N3O3S/c1-13-4-9-16(18-12-13)19-17(21)14-5-7-15(8-6-14)20-10-2-3-11-24(20,22)23/h4-9,12H,2-3,10-11H2,1H3,(H,18,19,21). The van der Waals surface area contributed by atoms with Crippen molar-refractivity contribution in [2.45, 2.75) is 19.8 Å². The maximum absolute atomic E-state index is 12.2. The first-order valence-electron chi connectivity index (χ1n) is 7.80. The maximum atomic E-state index is 12.2. The normalized spacial score (nSPS) is 16.6. The van der Waals surface area contributed by atoms with Crippen LogP contribution in [0.4, 0.5) is 11.5 Å². The molecule has 0 bridgehead atoms. The second-order valence-corrected chi connectivity index (χ2v) is 7.83. The Bertz CT molecular complexity index is 830. The summed E-state index contributed by atoms with van der Waals surface area (Å²) < 4.78 is 25.6. The summed E-state index contributed by atoms with van der Waals surface area (Å²) in [7, 11) is -3.24. The minimum atomic E-state index is -3.24. The predicted molar refractivity (Wildman–Crippen MR) is 93.7 cm³/mol. The number of nitrogens with one attached hydrogen (secondary N) is 1. The smallest absolute Gasteiger partial charge is 0.256 e. The fourth-order valence-corrected chi connectivity index (χ4v) is 4.23. The van der Waals surface area contributed by atoms with Crippen molar-refractivity contribution in [1.82, 2.24) is 4.98 Å². The van der Waals surface area contributed by atoms with Gasteiger partial charge in [0, 0.05) is 18.3 Å². The lowest BCUT2D eigenvalue weighted by atomic mass is 10.2. The zero-order chi connectivity index (χ0) is 17.2. The SMILES string of the molecule is Cc1ccc(NC(=O)c2ccc(N3CCCCS3(=O)=O)cc2)nc1. The Morgan fingerprint density at radius 2 is 1.88 bits per heavy atom. The van der Waals surface area contributed by atoms with Gasteiger partial charge in [-0.15, -0.1) is 0 Å². The zero-order valence-corrected chi connectivity index (χ0v) is 14.2. The van der Waals surface area contributed by atoms with Crippen LogP contribution >= 0.6 is 0 Å². The fraction of sp³-hybridized carbons (Fsp3) is 0.294. The number of rotatable bonds is 3. The Kier molecular flexibility index (Phi) is 4.53. The lowest BCUT2D eigenvalue weighted by Crippen LogP contribution is -2.37. The van der Waals surface area contributed by atoms with Gasteiger partial charge in [0.2, 0.25) is 10.0 Å². The van der Waals surface area contributed by atoms with Crippen molar-refractivity contribution in [3.63, 3.8) is 0 Å². The van der Waals surface area contributed by atoms with Gasteiger partial charge in [-0.1, -0.05) is 6.07 Å². The summed E-state index contributed by atoms with van der Waals surface area (Å²) >= 11 is 0. The second-order valence-electron chi connectivity index (χ2n) is 5.82. The van der Waals surface area contributed by atoms with Gasteiger partial charge in [0.1, 0.15) is 5.82 Å². The van der Waals surface area contributed by atoms with Gasteiger partial charge in [0.25, 0.3) is 5.91 Å². The first-order chi connectivity index (χ1) is 11.5. The van der Waals surface area contributed by atoms with E-state index in [9.17, 15) is 13.2 Å². The first kappa shape index (κ1) is 16.4. The minimum Gasteiger partial charge on any atom is -0.307 e. The van der Waals surface area contributed by atoms with Crippen molar-refractivity contribution in [3.8, 4) is 0 Å². The number of carbonyl (C=O) groups is 1. The predicted octanol–water partition coefficient (Wildman–Crippen LogP) is 2.57.